The van der Waals surface area contributed by atoms with Crippen LogP contribution in [0.25, 0.3) is 0 Å². The van der Waals surface area contributed by atoms with Crippen LogP contribution in [-0.4, -0.2) is 55.0 Å². The minimum Gasteiger partial charge on any atom is -0.464 e. The van der Waals surface area contributed by atoms with E-state index in [0.717, 1.165) is 0 Å². The van der Waals surface area contributed by atoms with Gasteiger partial charge in [-0.05, 0) is 38.0 Å². The number of rotatable bonds is 9. The molecule has 0 saturated heterocycles. The Morgan fingerprint density at radius 1 is 1.09 bits per heavy atom. The summed E-state index contributed by atoms with van der Waals surface area (Å²) < 4.78 is 35.9. The van der Waals surface area contributed by atoms with Crippen molar-refractivity contribution in [2.75, 3.05) is 19.8 Å². The zero-order valence-electron chi connectivity index (χ0n) is 17.6. The Kier molecular flexibility index (Phi) is 7.34. The van der Waals surface area contributed by atoms with Crippen molar-refractivity contribution in [1.29, 1.82) is 0 Å². The quantitative estimate of drug-likeness (QED) is 0.414. The van der Waals surface area contributed by atoms with Crippen LogP contribution < -0.4 is 5.73 Å². The van der Waals surface area contributed by atoms with Gasteiger partial charge >= 0.3 is 17.9 Å². The number of carbonyl (C=O) groups is 3. The van der Waals surface area contributed by atoms with E-state index in [2.05, 4.69) is 0 Å². The van der Waals surface area contributed by atoms with Gasteiger partial charge in [-0.1, -0.05) is 29.3 Å². The molecule has 176 valence electrons. The maximum Gasteiger partial charge on any atom is 0.344 e. The second kappa shape index (κ2) is 9.51. The van der Waals surface area contributed by atoms with Crippen molar-refractivity contribution in [3.8, 4) is 0 Å². The van der Waals surface area contributed by atoms with E-state index in [1.165, 1.54) is 0 Å². The predicted molar refractivity (Wildman–Crippen MR) is 112 cm³/mol. The predicted octanol–water partition coefficient (Wildman–Crippen LogP) is 2.60. The first-order chi connectivity index (χ1) is 15.1. The number of fused-ring (bicyclic) bond motifs is 1. The van der Waals surface area contributed by atoms with Gasteiger partial charge in [-0.2, -0.15) is 0 Å². The molecule has 0 unspecified atom stereocenters. The zero-order chi connectivity index (χ0) is 23.7. The highest BCUT2D eigenvalue weighted by atomic mass is 35.5. The Bertz CT molecular complexity index is 916. The lowest BCUT2D eigenvalue weighted by Gasteiger charge is -2.33. The number of halogens is 3. The van der Waals surface area contributed by atoms with Crippen LogP contribution in [0.15, 0.2) is 18.2 Å². The van der Waals surface area contributed by atoms with Gasteiger partial charge in [0.1, 0.15) is 5.54 Å². The molecule has 32 heavy (non-hydrogen) atoms. The van der Waals surface area contributed by atoms with Crippen LogP contribution in [-0.2, 0) is 39.9 Å². The molecule has 0 aromatic heterocycles. The second-order valence-electron chi connectivity index (χ2n) is 7.67. The lowest BCUT2D eigenvalue weighted by atomic mass is 9.87. The SMILES string of the molecule is CCOC(=O)COC(=O)[C@@]1(N)[C@H]2[C@@H](C[C@H]1OCc1ccc(Cl)c(Cl)c1)[C@]2(F)C(=O)OCC. The average molecular weight is 492 g/mol. The molecule has 2 fully saturated rings. The monoisotopic (exact) mass is 491 g/mol. The fourth-order valence-electron chi connectivity index (χ4n) is 4.30. The van der Waals surface area contributed by atoms with Gasteiger partial charge in [-0.25, -0.2) is 18.8 Å². The molecule has 5 atom stereocenters. The minimum absolute atomic E-state index is 0.00376. The Labute approximate surface area is 194 Å². The molecule has 2 aliphatic carbocycles. The number of hydrogen-bond donors (Lipinski definition) is 1. The van der Waals surface area contributed by atoms with Crippen molar-refractivity contribution >= 4 is 41.1 Å². The van der Waals surface area contributed by atoms with Gasteiger partial charge < -0.3 is 24.7 Å². The largest absolute Gasteiger partial charge is 0.464 e. The standard InChI is InChI=1S/C21H24Cl2FNO7/c1-3-29-16(26)10-32-19(28)21(25)15(31-9-11-5-6-13(22)14(23)7-11)8-12-17(21)20(12,24)18(27)30-4-2/h5-7,12,15,17H,3-4,8-10,25H2,1-2H3/t12-,15-,17+,20-,21+/m1/s1. The van der Waals surface area contributed by atoms with Gasteiger partial charge in [0.2, 0.25) is 5.67 Å². The Morgan fingerprint density at radius 3 is 2.41 bits per heavy atom. The molecule has 2 aliphatic rings. The first-order valence-electron chi connectivity index (χ1n) is 10.1. The molecule has 3 rings (SSSR count). The van der Waals surface area contributed by atoms with Crippen molar-refractivity contribution in [1.82, 2.24) is 0 Å². The summed E-state index contributed by atoms with van der Waals surface area (Å²) in [6.45, 7) is 2.53. The molecule has 0 radical (unpaired) electrons. The van der Waals surface area contributed by atoms with E-state index in [1.54, 1.807) is 32.0 Å². The summed E-state index contributed by atoms with van der Waals surface area (Å²) >= 11 is 11.9. The van der Waals surface area contributed by atoms with Gasteiger partial charge in [-0.15, -0.1) is 0 Å². The smallest absolute Gasteiger partial charge is 0.344 e. The van der Waals surface area contributed by atoms with E-state index in [-0.39, 0.29) is 26.2 Å². The maximum absolute atomic E-state index is 15.5. The number of nitrogens with two attached hydrogens (primary N) is 1. The maximum atomic E-state index is 15.5. The fraction of sp³-hybridized carbons (Fsp3) is 0.571. The van der Waals surface area contributed by atoms with Crippen LogP contribution in [0.3, 0.4) is 0 Å². The summed E-state index contributed by atoms with van der Waals surface area (Å²) in [4.78, 5) is 36.7. The molecule has 11 heteroatoms. The lowest BCUT2D eigenvalue weighted by molar-refractivity contribution is -0.169. The minimum atomic E-state index is -2.42. The zero-order valence-corrected chi connectivity index (χ0v) is 19.1. The van der Waals surface area contributed by atoms with Crippen LogP contribution in [0.1, 0.15) is 25.8 Å². The topological polar surface area (TPSA) is 114 Å². The van der Waals surface area contributed by atoms with Crippen molar-refractivity contribution in [2.24, 2.45) is 17.6 Å². The van der Waals surface area contributed by atoms with Gasteiger partial charge in [0.25, 0.3) is 0 Å². The number of benzene rings is 1. The summed E-state index contributed by atoms with van der Waals surface area (Å²) in [5, 5.41) is 0.685. The van der Waals surface area contributed by atoms with Crippen LogP contribution in [0, 0.1) is 11.8 Å². The number of alkyl halides is 1. The van der Waals surface area contributed by atoms with E-state index >= 15 is 4.39 Å². The van der Waals surface area contributed by atoms with E-state index < -0.39 is 53.7 Å². The Balaban J connectivity index is 1.78. The highest BCUT2D eigenvalue weighted by Gasteiger charge is 2.85. The van der Waals surface area contributed by atoms with Gasteiger partial charge in [0.15, 0.2) is 6.61 Å². The summed E-state index contributed by atoms with van der Waals surface area (Å²) in [5.74, 6) is -4.99. The second-order valence-corrected chi connectivity index (χ2v) is 8.49. The molecule has 0 spiro atoms. The van der Waals surface area contributed by atoms with E-state index in [1.807, 2.05) is 0 Å². The first kappa shape index (κ1) is 24.7. The Morgan fingerprint density at radius 2 is 1.78 bits per heavy atom. The van der Waals surface area contributed by atoms with Crippen molar-refractivity contribution < 1.29 is 37.7 Å². The molecule has 1 aromatic carbocycles. The summed E-state index contributed by atoms with van der Waals surface area (Å²) in [5.41, 5.74) is 2.60. The molecule has 0 heterocycles. The molecule has 8 nitrogen and oxygen atoms in total. The molecule has 1 aromatic rings. The van der Waals surface area contributed by atoms with Gasteiger partial charge in [0, 0.05) is 11.8 Å². The van der Waals surface area contributed by atoms with Crippen molar-refractivity contribution in [2.45, 2.75) is 44.2 Å². The van der Waals surface area contributed by atoms with Gasteiger partial charge in [-0.3, -0.25) is 0 Å². The normalized spacial score (nSPS) is 30.4. The molecule has 0 amide bonds. The fourth-order valence-corrected chi connectivity index (χ4v) is 4.62. The summed E-state index contributed by atoms with van der Waals surface area (Å²) in [6.07, 6.45) is -0.980. The molecular weight excluding hydrogens is 468 g/mol. The van der Waals surface area contributed by atoms with Crippen LogP contribution >= 0.6 is 23.2 Å². The van der Waals surface area contributed by atoms with Crippen molar-refractivity contribution in [3.05, 3.63) is 33.8 Å². The average Bonchev–Trinajstić information content (AvgIpc) is 3.23. The first-order valence-corrected chi connectivity index (χ1v) is 10.9. The lowest BCUT2D eigenvalue weighted by Crippen LogP contribution is -2.61. The van der Waals surface area contributed by atoms with Crippen LogP contribution in [0.5, 0.6) is 0 Å². The van der Waals surface area contributed by atoms with Crippen molar-refractivity contribution in [3.63, 3.8) is 0 Å². The third-order valence-corrected chi connectivity index (χ3v) is 6.54. The third kappa shape index (κ3) is 4.31. The van der Waals surface area contributed by atoms with Gasteiger partial charge in [0.05, 0.1) is 36.0 Å². The van der Waals surface area contributed by atoms with E-state index in [9.17, 15) is 14.4 Å². The molecule has 2 N–H and O–H groups in total. The summed E-state index contributed by atoms with van der Waals surface area (Å²) in [7, 11) is 0. The van der Waals surface area contributed by atoms with Crippen LogP contribution in [0.4, 0.5) is 4.39 Å². The number of ether oxygens (including phenoxy) is 4. The molecule has 0 bridgehead atoms. The highest BCUT2D eigenvalue weighted by Crippen LogP contribution is 2.67. The number of carbonyl (C=O) groups excluding carboxylic acids is 3. The van der Waals surface area contributed by atoms with E-state index in [0.29, 0.717) is 15.6 Å². The molecular formula is C21H24Cl2FNO7. The molecule has 2 saturated carbocycles. The highest BCUT2D eigenvalue weighted by molar-refractivity contribution is 6.42. The number of hydrogen-bond acceptors (Lipinski definition) is 8. The number of esters is 3. The molecule has 0 aliphatic heterocycles. The van der Waals surface area contributed by atoms with E-state index in [4.69, 9.17) is 47.9 Å². The summed E-state index contributed by atoms with van der Waals surface area (Å²) in [6, 6.07) is 4.86. The third-order valence-electron chi connectivity index (χ3n) is 5.80. The van der Waals surface area contributed by atoms with Crippen LogP contribution in [0.2, 0.25) is 10.0 Å². The Hall–Kier alpha value is -1.94.